The summed E-state index contributed by atoms with van der Waals surface area (Å²) in [5.74, 6) is 0.547. The Kier molecular flexibility index (Phi) is 6.45. The summed E-state index contributed by atoms with van der Waals surface area (Å²) in [5, 5.41) is 0.508. The minimum absolute atomic E-state index is 0.198. The Morgan fingerprint density at radius 2 is 1.83 bits per heavy atom. The molecule has 0 spiro atoms. The third kappa shape index (κ3) is 5.18. The highest BCUT2D eigenvalue weighted by Crippen LogP contribution is 2.33. The third-order valence-corrected chi connectivity index (χ3v) is 5.68. The highest BCUT2D eigenvalue weighted by Gasteiger charge is 2.30. The lowest BCUT2D eigenvalue weighted by Crippen LogP contribution is -2.30. The summed E-state index contributed by atoms with van der Waals surface area (Å²) >= 11 is 1.17. The van der Waals surface area contributed by atoms with Gasteiger partial charge in [-0.15, -0.1) is 11.3 Å². The molecule has 158 valence electrons. The molecule has 1 aromatic heterocycles. The topological polar surface area (TPSA) is 42.4 Å². The van der Waals surface area contributed by atoms with Crippen molar-refractivity contribution in [3.63, 3.8) is 0 Å². The summed E-state index contributed by atoms with van der Waals surface area (Å²) in [6.07, 6.45) is -4.39. The molecule has 30 heavy (non-hydrogen) atoms. The molecule has 0 saturated carbocycles. The minimum Gasteiger partial charge on any atom is -0.492 e. The second-order valence-electron chi connectivity index (χ2n) is 6.90. The highest BCUT2D eigenvalue weighted by molar-refractivity contribution is 7.17. The molecular formula is C22H21F3N2O2S. The van der Waals surface area contributed by atoms with E-state index in [0.29, 0.717) is 34.3 Å². The van der Waals surface area contributed by atoms with Gasteiger partial charge in [0.1, 0.15) is 22.2 Å². The second kappa shape index (κ2) is 8.87. The Bertz CT molecular complexity index is 1030. The van der Waals surface area contributed by atoms with E-state index in [1.165, 1.54) is 23.5 Å². The first-order chi connectivity index (χ1) is 14.1. The van der Waals surface area contributed by atoms with Gasteiger partial charge in [0.05, 0.1) is 17.8 Å². The average molecular weight is 434 g/mol. The summed E-state index contributed by atoms with van der Waals surface area (Å²) in [5.41, 5.74) is 1.46. The van der Waals surface area contributed by atoms with Crippen molar-refractivity contribution < 1.29 is 22.7 Å². The molecule has 0 N–H and O–H groups in total. The van der Waals surface area contributed by atoms with Gasteiger partial charge in [0.15, 0.2) is 0 Å². The average Bonchev–Trinajstić information content (AvgIpc) is 3.08. The summed E-state index contributed by atoms with van der Waals surface area (Å²) in [7, 11) is 1.68. The van der Waals surface area contributed by atoms with E-state index in [-0.39, 0.29) is 5.91 Å². The van der Waals surface area contributed by atoms with Crippen molar-refractivity contribution in [3.05, 3.63) is 70.2 Å². The predicted molar refractivity (Wildman–Crippen MR) is 111 cm³/mol. The van der Waals surface area contributed by atoms with Crippen molar-refractivity contribution in [1.82, 2.24) is 9.88 Å². The number of rotatable bonds is 6. The molecule has 0 aliphatic heterocycles. The number of hydrogen-bond acceptors (Lipinski definition) is 4. The molecule has 0 aliphatic rings. The number of alkyl halides is 3. The number of aromatic nitrogens is 1. The first-order valence-corrected chi connectivity index (χ1v) is 10.1. The van der Waals surface area contributed by atoms with Crippen LogP contribution < -0.4 is 4.74 Å². The van der Waals surface area contributed by atoms with Crippen molar-refractivity contribution in [2.24, 2.45) is 0 Å². The summed E-state index contributed by atoms with van der Waals surface area (Å²) in [4.78, 5) is 19.2. The Labute approximate surface area is 176 Å². The van der Waals surface area contributed by atoms with Crippen molar-refractivity contribution in [2.45, 2.75) is 20.0 Å². The van der Waals surface area contributed by atoms with Gasteiger partial charge in [0.25, 0.3) is 5.91 Å². The Hall–Kier alpha value is -2.87. The van der Waals surface area contributed by atoms with Gasteiger partial charge in [0.2, 0.25) is 0 Å². The van der Waals surface area contributed by atoms with Crippen LogP contribution in [0.4, 0.5) is 13.2 Å². The van der Waals surface area contributed by atoms with Crippen LogP contribution >= 0.6 is 11.3 Å². The van der Waals surface area contributed by atoms with E-state index in [4.69, 9.17) is 4.74 Å². The van der Waals surface area contributed by atoms with Gasteiger partial charge in [0, 0.05) is 12.6 Å². The molecule has 3 rings (SSSR count). The van der Waals surface area contributed by atoms with Gasteiger partial charge in [-0.1, -0.05) is 24.3 Å². The zero-order valence-electron chi connectivity index (χ0n) is 16.8. The number of benzene rings is 2. The number of carbonyl (C=O) groups excluding carboxylic acids is 1. The maximum atomic E-state index is 12.8. The zero-order chi connectivity index (χ0) is 21.9. The first-order valence-electron chi connectivity index (χ1n) is 9.25. The molecular weight excluding hydrogens is 413 g/mol. The van der Waals surface area contributed by atoms with Gasteiger partial charge in [-0.2, -0.15) is 13.2 Å². The Balaban J connectivity index is 1.65. The molecule has 0 bridgehead atoms. The van der Waals surface area contributed by atoms with Gasteiger partial charge in [-0.3, -0.25) is 4.79 Å². The molecule has 3 aromatic rings. The lowest BCUT2D eigenvalue weighted by Gasteiger charge is -2.17. The van der Waals surface area contributed by atoms with Crippen LogP contribution in [0.3, 0.4) is 0 Å². The predicted octanol–water partition coefficient (Wildman–Crippen LogP) is 5.60. The molecule has 0 aliphatic carbocycles. The summed E-state index contributed by atoms with van der Waals surface area (Å²) in [6.45, 7) is 4.42. The molecule has 2 aromatic carbocycles. The summed E-state index contributed by atoms with van der Waals surface area (Å²) in [6, 6.07) is 12.4. The number of ether oxygens (including phenoxy) is 1. The lowest BCUT2D eigenvalue weighted by atomic mass is 10.1. The van der Waals surface area contributed by atoms with Crippen LogP contribution in [-0.4, -0.2) is 36.0 Å². The smallest absolute Gasteiger partial charge is 0.416 e. The number of halogens is 3. The standard InChI is InChI=1S/C22H21F3N2O2S/c1-14-5-4-6-18(13-14)29-12-11-27(3)21(28)19-15(2)26-20(30-19)16-7-9-17(10-8-16)22(23,24)25/h4-10,13H,11-12H2,1-3H3. The molecule has 0 atom stereocenters. The molecule has 0 saturated heterocycles. The van der Waals surface area contributed by atoms with Gasteiger partial charge in [-0.05, 0) is 43.7 Å². The Morgan fingerprint density at radius 1 is 1.13 bits per heavy atom. The zero-order valence-corrected chi connectivity index (χ0v) is 17.6. The Morgan fingerprint density at radius 3 is 2.47 bits per heavy atom. The number of aryl methyl sites for hydroxylation is 2. The van der Waals surface area contributed by atoms with Crippen molar-refractivity contribution in [1.29, 1.82) is 0 Å². The minimum atomic E-state index is -4.39. The van der Waals surface area contributed by atoms with E-state index in [1.807, 2.05) is 31.2 Å². The van der Waals surface area contributed by atoms with E-state index in [1.54, 1.807) is 18.9 Å². The number of carbonyl (C=O) groups is 1. The first kappa shape index (κ1) is 21.8. The van der Waals surface area contributed by atoms with Crippen LogP contribution in [0.1, 0.15) is 26.5 Å². The number of nitrogens with zero attached hydrogens (tertiary/aromatic N) is 2. The van der Waals surface area contributed by atoms with Crippen molar-refractivity contribution in [2.75, 3.05) is 20.2 Å². The van der Waals surface area contributed by atoms with Crippen LogP contribution in [0.5, 0.6) is 5.75 Å². The molecule has 0 radical (unpaired) electrons. The van der Waals surface area contributed by atoms with Crippen LogP contribution in [0.2, 0.25) is 0 Å². The number of hydrogen-bond donors (Lipinski definition) is 0. The fourth-order valence-corrected chi connectivity index (χ4v) is 3.87. The quantitative estimate of drug-likeness (QED) is 0.507. The third-order valence-electron chi connectivity index (χ3n) is 4.48. The number of likely N-dealkylation sites (N-methyl/N-ethyl adjacent to an activating group) is 1. The molecule has 4 nitrogen and oxygen atoms in total. The second-order valence-corrected chi connectivity index (χ2v) is 7.90. The van der Waals surface area contributed by atoms with Gasteiger partial charge in [-0.25, -0.2) is 4.98 Å². The maximum Gasteiger partial charge on any atom is 0.416 e. The van der Waals surface area contributed by atoms with Gasteiger partial charge < -0.3 is 9.64 Å². The largest absolute Gasteiger partial charge is 0.492 e. The van der Waals surface area contributed by atoms with Crippen molar-refractivity contribution >= 4 is 17.2 Å². The highest BCUT2D eigenvalue weighted by atomic mass is 32.1. The van der Waals surface area contributed by atoms with E-state index in [0.717, 1.165) is 23.4 Å². The number of amides is 1. The van der Waals surface area contributed by atoms with Crippen LogP contribution in [-0.2, 0) is 6.18 Å². The van der Waals surface area contributed by atoms with E-state index >= 15 is 0 Å². The van der Waals surface area contributed by atoms with E-state index in [9.17, 15) is 18.0 Å². The SMILES string of the molecule is Cc1cccc(OCCN(C)C(=O)c2sc(-c3ccc(C(F)(F)F)cc3)nc2C)c1. The molecule has 0 unspecified atom stereocenters. The van der Waals surface area contributed by atoms with Gasteiger partial charge >= 0.3 is 6.18 Å². The fourth-order valence-electron chi connectivity index (χ4n) is 2.80. The molecule has 0 fully saturated rings. The summed E-state index contributed by atoms with van der Waals surface area (Å²) < 4.78 is 43.9. The molecule has 1 heterocycles. The lowest BCUT2D eigenvalue weighted by molar-refractivity contribution is -0.137. The van der Waals surface area contributed by atoms with E-state index in [2.05, 4.69) is 4.98 Å². The van der Waals surface area contributed by atoms with Crippen LogP contribution in [0.25, 0.3) is 10.6 Å². The van der Waals surface area contributed by atoms with Crippen molar-refractivity contribution in [3.8, 4) is 16.3 Å². The van der Waals surface area contributed by atoms with Crippen LogP contribution in [0.15, 0.2) is 48.5 Å². The van der Waals surface area contributed by atoms with Crippen LogP contribution in [0, 0.1) is 13.8 Å². The monoisotopic (exact) mass is 434 g/mol. The normalized spacial score (nSPS) is 11.4. The number of thiazole rings is 1. The molecule has 8 heteroatoms. The van der Waals surface area contributed by atoms with E-state index < -0.39 is 11.7 Å². The molecule has 1 amide bonds. The maximum absolute atomic E-state index is 12.8. The fraction of sp³-hybridized carbons (Fsp3) is 0.273.